The molecule has 0 spiro atoms. The average Bonchev–Trinajstić information content (AvgIpc) is 3.27. The molecule has 4 heterocycles. The zero-order chi connectivity index (χ0) is 23.7. The highest BCUT2D eigenvalue weighted by Crippen LogP contribution is 2.41. The van der Waals surface area contributed by atoms with Crippen molar-refractivity contribution in [2.45, 2.75) is 42.2 Å². The number of benzene rings is 2. The predicted molar refractivity (Wildman–Crippen MR) is 133 cm³/mol. The van der Waals surface area contributed by atoms with Crippen molar-refractivity contribution in [3.8, 4) is 11.3 Å². The van der Waals surface area contributed by atoms with Gasteiger partial charge in [0.2, 0.25) is 16.0 Å². The summed E-state index contributed by atoms with van der Waals surface area (Å²) >= 11 is 0. The minimum absolute atomic E-state index is 0.0194. The standard InChI is InChI=1S/C25H25N7O2S/c26-24-23-19(22-12-21(29-30-22)15-9-10-15)7-4-8-20(23)27-25(28-24)31-13-17-11-16(31)14-32(17)35(33,34)18-5-2-1-3-6-18/h1-8,12,15-17H,9-11,13-14H2,(H,29,30)(H2,26,27,28). The Morgan fingerprint density at radius 3 is 2.54 bits per heavy atom. The van der Waals surface area contributed by atoms with Gasteiger partial charge in [-0.15, -0.1) is 0 Å². The molecule has 3 fully saturated rings. The smallest absolute Gasteiger partial charge is 0.243 e. The first-order valence-corrected chi connectivity index (χ1v) is 13.4. The first-order chi connectivity index (χ1) is 17.0. The van der Waals surface area contributed by atoms with Crippen LogP contribution in [-0.2, 0) is 10.0 Å². The molecule has 2 saturated heterocycles. The summed E-state index contributed by atoms with van der Waals surface area (Å²) in [5, 5.41) is 8.47. The van der Waals surface area contributed by atoms with Crippen LogP contribution in [-0.4, -0.2) is 58.1 Å². The van der Waals surface area contributed by atoms with E-state index in [1.54, 1.807) is 28.6 Å². The van der Waals surface area contributed by atoms with Crippen molar-refractivity contribution in [3.05, 3.63) is 60.3 Å². The largest absolute Gasteiger partial charge is 0.383 e. The molecule has 10 heteroatoms. The second-order valence-corrected chi connectivity index (χ2v) is 11.6. The van der Waals surface area contributed by atoms with Gasteiger partial charge in [0.25, 0.3) is 0 Å². The van der Waals surface area contributed by atoms with E-state index in [-0.39, 0.29) is 12.1 Å². The van der Waals surface area contributed by atoms with Gasteiger partial charge in [-0.3, -0.25) is 5.10 Å². The van der Waals surface area contributed by atoms with Crippen molar-refractivity contribution < 1.29 is 8.42 Å². The predicted octanol–water partition coefficient (Wildman–Crippen LogP) is 3.13. The topological polar surface area (TPSA) is 121 Å². The highest BCUT2D eigenvalue weighted by molar-refractivity contribution is 7.89. The molecule has 1 saturated carbocycles. The summed E-state index contributed by atoms with van der Waals surface area (Å²) in [5.74, 6) is 1.55. The van der Waals surface area contributed by atoms with Crippen molar-refractivity contribution in [1.29, 1.82) is 0 Å². The molecule has 2 aromatic carbocycles. The van der Waals surface area contributed by atoms with Crippen molar-refractivity contribution in [2.24, 2.45) is 0 Å². The average molecular weight is 488 g/mol. The molecule has 0 amide bonds. The lowest BCUT2D eigenvalue weighted by Gasteiger charge is -2.33. The minimum Gasteiger partial charge on any atom is -0.383 e. The van der Waals surface area contributed by atoms with Crippen LogP contribution in [0.15, 0.2) is 59.5 Å². The molecule has 2 bridgehead atoms. The lowest BCUT2D eigenvalue weighted by atomic mass is 10.1. The Balaban J connectivity index is 1.19. The SMILES string of the molecule is Nc1nc(N2CC3CC2CN3S(=O)(=O)c2ccccc2)nc2cccc(-c3cc(C4CC4)[nH]n3)c12. The lowest BCUT2D eigenvalue weighted by Crippen LogP contribution is -2.49. The van der Waals surface area contributed by atoms with E-state index < -0.39 is 10.0 Å². The van der Waals surface area contributed by atoms with E-state index in [4.69, 9.17) is 10.7 Å². The normalized spacial score (nSPS) is 22.3. The number of fused-ring (bicyclic) bond motifs is 3. The van der Waals surface area contributed by atoms with Crippen LogP contribution in [0.3, 0.4) is 0 Å². The summed E-state index contributed by atoms with van der Waals surface area (Å²) < 4.78 is 28.0. The highest BCUT2D eigenvalue weighted by Gasteiger charge is 2.49. The van der Waals surface area contributed by atoms with Gasteiger partial charge < -0.3 is 10.6 Å². The molecule has 2 aliphatic heterocycles. The molecule has 2 aromatic heterocycles. The first-order valence-electron chi connectivity index (χ1n) is 11.9. The molecular formula is C25H25N7O2S. The van der Waals surface area contributed by atoms with E-state index in [9.17, 15) is 8.42 Å². The van der Waals surface area contributed by atoms with E-state index in [2.05, 4.69) is 26.1 Å². The van der Waals surface area contributed by atoms with Gasteiger partial charge in [0.1, 0.15) is 5.82 Å². The number of hydrogen-bond donors (Lipinski definition) is 2. The van der Waals surface area contributed by atoms with Crippen molar-refractivity contribution in [1.82, 2.24) is 24.5 Å². The van der Waals surface area contributed by atoms with Gasteiger partial charge in [-0.2, -0.15) is 14.4 Å². The monoisotopic (exact) mass is 487 g/mol. The molecule has 2 unspecified atom stereocenters. The van der Waals surface area contributed by atoms with Crippen LogP contribution < -0.4 is 10.6 Å². The van der Waals surface area contributed by atoms with E-state index in [0.29, 0.717) is 35.7 Å². The zero-order valence-corrected chi connectivity index (χ0v) is 19.8. The molecule has 1 aliphatic carbocycles. The molecule has 178 valence electrons. The number of H-pyrrole nitrogens is 1. The molecule has 9 nitrogen and oxygen atoms in total. The van der Waals surface area contributed by atoms with Crippen LogP contribution in [0, 0.1) is 0 Å². The lowest BCUT2D eigenvalue weighted by molar-refractivity contribution is 0.367. The summed E-state index contributed by atoms with van der Waals surface area (Å²) in [6, 6.07) is 16.5. The van der Waals surface area contributed by atoms with Crippen LogP contribution in [0.5, 0.6) is 0 Å². The number of piperazine rings is 1. The summed E-state index contributed by atoms with van der Waals surface area (Å²) in [7, 11) is -3.52. The number of hydrogen-bond acceptors (Lipinski definition) is 7. The van der Waals surface area contributed by atoms with Crippen LogP contribution in [0.2, 0.25) is 0 Å². The Hall–Kier alpha value is -3.50. The Kier molecular flexibility index (Phi) is 4.46. The minimum atomic E-state index is -3.52. The van der Waals surface area contributed by atoms with Crippen molar-refractivity contribution in [3.63, 3.8) is 0 Å². The number of anilines is 2. The number of sulfonamides is 1. The Morgan fingerprint density at radius 1 is 0.971 bits per heavy atom. The summed E-state index contributed by atoms with van der Waals surface area (Å²) in [5.41, 5.74) is 10.2. The van der Waals surface area contributed by atoms with E-state index >= 15 is 0 Å². The molecule has 3 N–H and O–H groups in total. The van der Waals surface area contributed by atoms with E-state index in [1.165, 1.54) is 12.8 Å². The fraction of sp³-hybridized carbons (Fsp3) is 0.320. The zero-order valence-electron chi connectivity index (χ0n) is 19.0. The molecule has 3 aliphatic rings. The van der Waals surface area contributed by atoms with E-state index in [1.807, 2.05) is 24.3 Å². The number of nitrogens with two attached hydrogens (primary N) is 1. The van der Waals surface area contributed by atoms with Crippen LogP contribution in [0.25, 0.3) is 22.2 Å². The van der Waals surface area contributed by atoms with Gasteiger partial charge in [-0.25, -0.2) is 13.4 Å². The third-order valence-corrected chi connectivity index (χ3v) is 9.36. The molecular weight excluding hydrogens is 462 g/mol. The Bertz CT molecular complexity index is 1550. The molecule has 2 atom stereocenters. The van der Waals surface area contributed by atoms with Gasteiger partial charge in [0.15, 0.2) is 0 Å². The van der Waals surface area contributed by atoms with Gasteiger partial charge in [0, 0.05) is 42.3 Å². The van der Waals surface area contributed by atoms with Crippen molar-refractivity contribution >= 4 is 32.7 Å². The van der Waals surface area contributed by atoms with Crippen LogP contribution >= 0.6 is 0 Å². The first kappa shape index (κ1) is 20.8. The van der Waals surface area contributed by atoms with Gasteiger partial charge in [-0.1, -0.05) is 30.3 Å². The number of nitrogens with zero attached hydrogens (tertiary/aromatic N) is 5. The number of aromatic nitrogens is 4. The Labute approximate surface area is 203 Å². The highest BCUT2D eigenvalue weighted by atomic mass is 32.2. The van der Waals surface area contributed by atoms with Crippen molar-refractivity contribution in [2.75, 3.05) is 23.7 Å². The number of nitrogen functional groups attached to an aromatic ring is 1. The number of aromatic amines is 1. The number of nitrogens with one attached hydrogen (secondary N) is 1. The number of rotatable bonds is 5. The maximum absolute atomic E-state index is 13.2. The maximum Gasteiger partial charge on any atom is 0.243 e. The second-order valence-electron chi connectivity index (χ2n) is 9.67. The molecule has 35 heavy (non-hydrogen) atoms. The summed E-state index contributed by atoms with van der Waals surface area (Å²) in [6.07, 6.45) is 3.16. The fourth-order valence-corrected chi connectivity index (χ4v) is 7.20. The fourth-order valence-electron chi connectivity index (χ4n) is 5.52. The molecule has 7 rings (SSSR count). The van der Waals surface area contributed by atoms with Gasteiger partial charge in [0.05, 0.1) is 21.5 Å². The van der Waals surface area contributed by atoms with E-state index in [0.717, 1.165) is 34.3 Å². The summed E-state index contributed by atoms with van der Waals surface area (Å²) in [6.45, 7) is 0.964. The second kappa shape index (κ2) is 7.50. The summed E-state index contributed by atoms with van der Waals surface area (Å²) in [4.78, 5) is 12.0. The van der Waals surface area contributed by atoms with Crippen LogP contribution in [0.1, 0.15) is 30.9 Å². The third kappa shape index (κ3) is 3.31. The quantitative estimate of drug-likeness (QED) is 0.444. The third-order valence-electron chi connectivity index (χ3n) is 7.43. The molecule has 4 aromatic rings. The van der Waals surface area contributed by atoms with Gasteiger partial charge >= 0.3 is 0 Å². The van der Waals surface area contributed by atoms with Crippen LogP contribution in [0.4, 0.5) is 11.8 Å². The maximum atomic E-state index is 13.2. The molecule has 0 radical (unpaired) electrons. The Morgan fingerprint density at radius 2 is 1.80 bits per heavy atom. The van der Waals surface area contributed by atoms with Gasteiger partial charge in [-0.05, 0) is 43.5 Å².